The number of methoxy groups -OCH3 is 3. The minimum Gasteiger partial charge on any atom is -0.493 e. The maximum atomic E-state index is 13.4. The zero-order chi connectivity index (χ0) is 29.0. The Morgan fingerprint density at radius 3 is 2.12 bits per heavy atom. The van der Waals surface area contributed by atoms with E-state index in [4.69, 9.17) is 37.9 Å². The number of aliphatic hydroxyl groups excluding tert-OH is 4. The van der Waals surface area contributed by atoms with Crippen LogP contribution in [0.25, 0.3) is 0 Å². The summed E-state index contributed by atoms with van der Waals surface area (Å²) in [6.07, 6.45) is -8.26. The number of ether oxygens (including phenoxy) is 8. The van der Waals surface area contributed by atoms with Gasteiger partial charge in [-0.2, -0.15) is 0 Å². The van der Waals surface area contributed by atoms with Gasteiger partial charge >= 0.3 is 5.97 Å². The summed E-state index contributed by atoms with van der Waals surface area (Å²) in [6.45, 7) is -0.581. The summed E-state index contributed by atoms with van der Waals surface area (Å²) >= 11 is 0. The van der Waals surface area contributed by atoms with Crippen molar-refractivity contribution in [3.05, 3.63) is 41.0 Å². The molecule has 2 saturated heterocycles. The molecule has 0 spiro atoms. The number of hydrogen-bond acceptors (Lipinski definition) is 13. The Morgan fingerprint density at radius 1 is 0.854 bits per heavy atom. The zero-order valence-electron chi connectivity index (χ0n) is 22.6. The summed E-state index contributed by atoms with van der Waals surface area (Å²) in [5.41, 5.74) is 2.00. The Labute approximate surface area is 235 Å². The molecule has 13 heteroatoms. The molecule has 0 unspecified atom stereocenters. The summed E-state index contributed by atoms with van der Waals surface area (Å²) < 4.78 is 45.5. The maximum absolute atomic E-state index is 13.4. The second-order valence-corrected chi connectivity index (χ2v) is 10.3. The van der Waals surface area contributed by atoms with Crippen LogP contribution in [-0.2, 0) is 19.0 Å². The van der Waals surface area contributed by atoms with E-state index in [-0.39, 0.29) is 13.4 Å². The lowest BCUT2D eigenvalue weighted by molar-refractivity contribution is -0.317. The molecule has 6 rings (SSSR count). The summed E-state index contributed by atoms with van der Waals surface area (Å²) in [4.78, 5) is 13.4. The Morgan fingerprint density at radius 2 is 1.51 bits per heavy atom. The lowest BCUT2D eigenvalue weighted by Gasteiger charge is -2.44. The van der Waals surface area contributed by atoms with Crippen LogP contribution in [0.4, 0.5) is 0 Å². The summed E-state index contributed by atoms with van der Waals surface area (Å²) in [5, 5.41) is 41.0. The van der Waals surface area contributed by atoms with E-state index >= 15 is 0 Å². The molecule has 4 N–H and O–H groups in total. The molecule has 0 radical (unpaired) electrons. The van der Waals surface area contributed by atoms with Crippen LogP contribution in [0, 0.1) is 11.8 Å². The normalized spacial score (nSPS) is 33.5. The van der Waals surface area contributed by atoms with E-state index < -0.39 is 67.1 Å². The lowest BCUT2D eigenvalue weighted by Crippen LogP contribution is -2.59. The van der Waals surface area contributed by atoms with Crippen molar-refractivity contribution in [1.82, 2.24) is 0 Å². The van der Waals surface area contributed by atoms with Crippen molar-refractivity contribution in [2.45, 2.75) is 42.7 Å². The first-order valence-corrected chi connectivity index (χ1v) is 13.2. The summed E-state index contributed by atoms with van der Waals surface area (Å²) in [7, 11) is 4.51. The molecule has 2 aromatic carbocycles. The molecular weight excluding hydrogens is 544 g/mol. The second-order valence-electron chi connectivity index (χ2n) is 10.3. The molecule has 41 heavy (non-hydrogen) atoms. The van der Waals surface area contributed by atoms with Gasteiger partial charge in [0.15, 0.2) is 29.3 Å². The number of esters is 1. The molecule has 0 saturated carbocycles. The van der Waals surface area contributed by atoms with Gasteiger partial charge in [0.25, 0.3) is 0 Å². The van der Waals surface area contributed by atoms with Crippen molar-refractivity contribution in [2.75, 3.05) is 41.3 Å². The molecule has 4 aliphatic rings. The van der Waals surface area contributed by atoms with E-state index in [0.29, 0.717) is 45.4 Å². The van der Waals surface area contributed by atoms with Gasteiger partial charge in [-0.3, -0.25) is 4.79 Å². The van der Waals surface area contributed by atoms with E-state index in [9.17, 15) is 25.2 Å². The Balaban J connectivity index is 1.49. The minimum absolute atomic E-state index is 0.0141. The first-order chi connectivity index (χ1) is 19.8. The largest absolute Gasteiger partial charge is 0.493 e. The number of hydrogen-bond donors (Lipinski definition) is 4. The van der Waals surface area contributed by atoms with Crippen LogP contribution >= 0.6 is 0 Å². The molecule has 0 bridgehead atoms. The highest BCUT2D eigenvalue weighted by atomic mass is 16.7. The van der Waals surface area contributed by atoms with Gasteiger partial charge in [-0.05, 0) is 41.0 Å². The number of fused-ring (bicyclic) bond motifs is 3. The number of rotatable bonds is 7. The first kappa shape index (κ1) is 27.8. The first-order valence-electron chi connectivity index (χ1n) is 13.2. The van der Waals surface area contributed by atoms with Gasteiger partial charge in [0.1, 0.15) is 24.4 Å². The number of aliphatic hydroxyl groups is 4. The third-order valence-corrected chi connectivity index (χ3v) is 8.29. The Kier molecular flexibility index (Phi) is 7.34. The van der Waals surface area contributed by atoms with Gasteiger partial charge in [0, 0.05) is 11.8 Å². The number of benzene rings is 2. The molecule has 0 amide bonds. The molecule has 3 heterocycles. The lowest BCUT2D eigenvalue weighted by atomic mass is 9.66. The van der Waals surface area contributed by atoms with E-state index in [0.717, 1.165) is 0 Å². The fourth-order valence-electron chi connectivity index (χ4n) is 6.29. The van der Waals surface area contributed by atoms with Crippen molar-refractivity contribution < 1.29 is 63.1 Å². The fourth-order valence-corrected chi connectivity index (χ4v) is 6.29. The van der Waals surface area contributed by atoms with Crippen LogP contribution in [0.5, 0.6) is 28.7 Å². The third kappa shape index (κ3) is 4.44. The van der Waals surface area contributed by atoms with E-state index in [1.54, 1.807) is 24.3 Å². The van der Waals surface area contributed by atoms with Gasteiger partial charge in [0.05, 0.1) is 46.6 Å². The van der Waals surface area contributed by atoms with Gasteiger partial charge in [-0.25, -0.2) is 0 Å². The minimum atomic E-state index is -1.63. The molecule has 0 aromatic heterocycles. The van der Waals surface area contributed by atoms with Gasteiger partial charge in [-0.15, -0.1) is 0 Å². The quantitative estimate of drug-likeness (QED) is 0.331. The highest BCUT2D eigenvalue weighted by molar-refractivity contribution is 5.79. The van der Waals surface area contributed by atoms with Crippen LogP contribution in [-0.4, -0.2) is 98.4 Å². The number of cyclic esters (lactones) is 1. The highest BCUT2D eigenvalue weighted by Gasteiger charge is 2.55. The average Bonchev–Trinajstić information content (AvgIpc) is 3.61. The average molecular weight is 577 g/mol. The Hall–Kier alpha value is -3.33. The fraction of sp³-hybridized carbons (Fsp3) is 0.536. The smallest absolute Gasteiger partial charge is 0.310 e. The predicted molar refractivity (Wildman–Crippen MR) is 136 cm³/mol. The van der Waals surface area contributed by atoms with Crippen molar-refractivity contribution in [1.29, 1.82) is 0 Å². The zero-order valence-corrected chi connectivity index (χ0v) is 22.6. The molecule has 3 aliphatic heterocycles. The number of carbonyl (C=O) groups excluding carboxylic acids is 1. The molecule has 1 aliphatic carbocycles. The van der Waals surface area contributed by atoms with E-state index in [1.165, 1.54) is 21.3 Å². The molecule has 2 aromatic rings. The Bertz CT molecular complexity index is 1290. The van der Waals surface area contributed by atoms with Gasteiger partial charge in [0.2, 0.25) is 12.5 Å². The van der Waals surface area contributed by atoms with Crippen LogP contribution in [0.2, 0.25) is 0 Å². The SMILES string of the molecule is COc1cc([C@@H]2c3cc4c(cc3[C@H](O[C@@H]3O[C@H](CO)[C@@H](O)[C@H](O)[C@H]3O)[C@H]3COC(=O)[C@@H]23)OCO4)cc(OC)c1OC. The van der Waals surface area contributed by atoms with Crippen LogP contribution < -0.4 is 23.7 Å². The molecular formula is C28H32O13. The topological polar surface area (TPSA) is 172 Å². The van der Waals surface area contributed by atoms with Crippen LogP contribution in [0.15, 0.2) is 24.3 Å². The predicted octanol–water partition coefficient (Wildman–Crippen LogP) is 0.233. The summed E-state index contributed by atoms with van der Waals surface area (Å²) in [6, 6.07) is 7.11. The molecule has 13 nitrogen and oxygen atoms in total. The third-order valence-electron chi connectivity index (χ3n) is 8.29. The monoisotopic (exact) mass is 576 g/mol. The molecule has 222 valence electrons. The molecule has 2 fully saturated rings. The van der Waals surface area contributed by atoms with Gasteiger partial charge in [-0.1, -0.05) is 0 Å². The maximum Gasteiger partial charge on any atom is 0.310 e. The van der Waals surface area contributed by atoms with Crippen molar-refractivity contribution in [3.63, 3.8) is 0 Å². The van der Waals surface area contributed by atoms with Crippen molar-refractivity contribution in [2.24, 2.45) is 11.8 Å². The van der Waals surface area contributed by atoms with E-state index in [1.807, 2.05) is 0 Å². The van der Waals surface area contributed by atoms with Crippen LogP contribution in [0.1, 0.15) is 28.7 Å². The van der Waals surface area contributed by atoms with Gasteiger partial charge < -0.3 is 58.3 Å². The van der Waals surface area contributed by atoms with Crippen molar-refractivity contribution in [3.8, 4) is 28.7 Å². The van der Waals surface area contributed by atoms with Crippen molar-refractivity contribution >= 4 is 5.97 Å². The van der Waals surface area contributed by atoms with Crippen LogP contribution in [0.3, 0.4) is 0 Å². The standard InChI is InChI=1S/C28H32O13/c1-34-17-4-11(5-18(35-2)26(17)36-3)20-12-6-15-16(39-10-38-15)7-13(12)25(14-9-37-27(33)21(14)20)41-28-24(32)23(31)22(30)19(8-29)40-28/h4-7,14,19-25,28-32H,8-10H2,1-3H3/t14-,19+,20+,21+,22+,23-,24+,25-,28-/m0/s1. The summed E-state index contributed by atoms with van der Waals surface area (Å²) in [5.74, 6) is -0.112. The second kappa shape index (κ2) is 10.8. The molecule has 9 atom stereocenters. The van der Waals surface area contributed by atoms with E-state index in [2.05, 4.69) is 0 Å². The highest BCUT2D eigenvalue weighted by Crippen LogP contribution is 2.57. The number of carbonyl (C=O) groups is 1.